The fraction of sp³-hybridized carbons (Fsp3) is 0.192. The van der Waals surface area contributed by atoms with Gasteiger partial charge in [-0.15, -0.1) is 0 Å². The number of carbonyl (C=O) groups excluding carboxylic acids is 3. The maximum Gasteiger partial charge on any atom is 0.323 e. The minimum atomic E-state index is -0.324. The van der Waals surface area contributed by atoms with Gasteiger partial charge in [0.15, 0.2) is 0 Å². The number of hydrogen-bond acceptors (Lipinski definition) is 3. The van der Waals surface area contributed by atoms with E-state index in [0.29, 0.717) is 23.5 Å². The summed E-state index contributed by atoms with van der Waals surface area (Å²) in [4.78, 5) is 38.4. The van der Waals surface area contributed by atoms with Crippen LogP contribution in [0.3, 0.4) is 0 Å². The topological polar surface area (TPSA) is 90.5 Å². The number of benzene rings is 3. The van der Waals surface area contributed by atoms with E-state index < -0.39 is 0 Å². The quantitative estimate of drug-likeness (QED) is 0.534. The standard InChI is InChI=1S/C26H26N4O3/c1-17(27-25(32)21-10-13-24-20(16-21)14-15-30(24)18(2)31)19-8-11-23(12-9-19)29-26(33)28-22-6-4-3-5-7-22/h3-13,16-17H,14-15H2,1-2H3,(H,27,32)(H2,28,29,33). The molecule has 4 rings (SSSR count). The first-order valence-electron chi connectivity index (χ1n) is 10.9. The van der Waals surface area contributed by atoms with Crippen molar-refractivity contribution in [1.29, 1.82) is 0 Å². The highest BCUT2D eigenvalue weighted by molar-refractivity contribution is 6.00. The highest BCUT2D eigenvalue weighted by atomic mass is 16.2. The lowest BCUT2D eigenvalue weighted by atomic mass is 10.1. The predicted octanol–water partition coefficient (Wildman–Crippen LogP) is 4.73. The van der Waals surface area contributed by atoms with Gasteiger partial charge in [0.1, 0.15) is 0 Å². The summed E-state index contributed by atoms with van der Waals surface area (Å²) in [6.07, 6.45) is 0.748. The van der Waals surface area contributed by atoms with Crippen molar-refractivity contribution in [3.05, 3.63) is 89.5 Å². The Kier molecular flexibility index (Phi) is 6.40. The molecule has 1 heterocycles. The molecule has 168 valence electrons. The minimum absolute atomic E-state index is 0.00931. The molecule has 1 aliphatic heterocycles. The van der Waals surface area contributed by atoms with Gasteiger partial charge in [0, 0.05) is 36.1 Å². The van der Waals surface area contributed by atoms with Crippen molar-refractivity contribution >= 4 is 34.9 Å². The van der Waals surface area contributed by atoms with Crippen LogP contribution >= 0.6 is 0 Å². The normalized spacial score (nSPS) is 13.1. The summed E-state index contributed by atoms with van der Waals surface area (Å²) in [5.41, 5.74) is 4.74. The van der Waals surface area contributed by atoms with Crippen LogP contribution in [0.2, 0.25) is 0 Å². The third-order valence-corrected chi connectivity index (χ3v) is 5.67. The largest absolute Gasteiger partial charge is 0.346 e. The van der Waals surface area contributed by atoms with E-state index in [-0.39, 0.29) is 23.9 Å². The van der Waals surface area contributed by atoms with E-state index in [4.69, 9.17) is 0 Å². The fourth-order valence-corrected chi connectivity index (χ4v) is 3.90. The van der Waals surface area contributed by atoms with E-state index in [1.165, 1.54) is 0 Å². The van der Waals surface area contributed by atoms with E-state index in [0.717, 1.165) is 23.2 Å². The van der Waals surface area contributed by atoms with Crippen molar-refractivity contribution in [1.82, 2.24) is 5.32 Å². The highest BCUT2D eigenvalue weighted by Crippen LogP contribution is 2.29. The van der Waals surface area contributed by atoms with Crippen LogP contribution in [-0.2, 0) is 11.2 Å². The Morgan fingerprint density at radius 1 is 0.879 bits per heavy atom. The lowest BCUT2D eigenvalue weighted by molar-refractivity contribution is -0.116. The summed E-state index contributed by atoms with van der Waals surface area (Å²) < 4.78 is 0. The van der Waals surface area contributed by atoms with Gasteiger partial charge < -0.3 is 20.9 Å². The number of nitrogens with one attached hydrogen (secondary N) is 3. The van der Waals surface area contributed by atoms with Crippen LogP contribution in [0.5, 0.6) is 0 Å². The Bertz CT molecular complexity index is 1180. The smallest absolute Gasteiger partial charge is 0.323 e. The van der Waals surface area contributed by atoms with Gasteiger partial charge in [-0.2, -0.15) is 0 Å². The minimum Gasteiger partial charge on any atom is -0.346 e. The van der Waals surface area contributed by atoms with Crippen LogP contribution in [0.25, 0.3) is 0 Å². The molecule has 0 spiro atoms. The first-order valence-corrected chi connectivity index (χ1v) is 10.9. The Balaban J connectivity index is 1.35. The number of para-hydroxylation sites is 1. The molecular formula is C26H26N4O3. The molecule has 1 unspecified atom stereocenters. The van der Waals surface area contributed by atoms with Gasteiger partial charge in [0.25, 0.3) is 5.91 Å². The number of anilines is 3. The number of nitrogens with zero attached hydrogens (tertiary/aromatic N) is 1. The maximum atomic E-state index is 12.8. The van der Waals surface area contributed by atoms with E-state index >= 15 is 0 Å². The molecule has 0 saturated carbocycles. The lowest BCUT2D eigenvalue weighted by Gasteiger charge is -2.17. The molecule has 0 fully saturated rings. The molecule has 0 bridgehead atoms. The summed E-state index contributed by atoms with van der Waals surface area (Å²) in [7, 11) is 0. The second-order valence-electron chi connectivity index (χ2n) is 8.03. The molecule has 0 aliphatic carbocycles. The summed E-state index contributed by atoms with van der Waals surface area (Å²) in [6, 6.07) is 21.5. The average molecular weight is 443 g/mol. The van der Waals surface area contributed by atoms with Crippen molar-refractivity contribution in [2.45, 2.75) is 26.3 Å². The second-order valence-corrected chi connectivity index (χ2v) is 8.03. The van der Waals surface area contributed by atoms with E-state index in [1.807, 2.05) is 61.5 Å². The molecule has 1 atom stereocenters. The Morgan fingerprint density at radius 2 is 1.55 bits per heavy atom. The zero-order chi connectivity index (χ0) is 23.4. The molecule has 7 nitrogen and oxygen atoms in total. The Labute approximate surface area is 192 Å². The van der Waals surface area contributed by atoms with Gasteiger partial charge >= 0.3 is 6.03 Å². The first kappa shape index (κ1) is 22.1. The monoisotopic (exact) mass is 442 g/mol. The van der Waals surface area contributed by atoms with Crippen molar-refractivity contribution < 1.29 is 14.4 Å². The number of hydrogen-bond donors (Lipinski definition) is 3. The number of amides is 4. The van der Waals surface area contributed by atoms with Crippen LogP contribution in [-0.4, -0.2) is 24.4 Å². The maximum absolute atomic E-state index is 12.8. The SMILES string of the molecule is CC(=O)N1CCc2cc(C(=O)NC(C)c3ccc(NC(=O)Nc4ccccc4)cc3)ccc21. The Morgan fingerprint density at radius 3 is 2.21 bits per heavy atom. The van der Waals surface area contributed by atoms with Gasteiger partial charge in [-0.1, -0.05) is 30.3 Å². The summed E-state index contributed by atoms with van der Waals surface area (Å²) in [5, 5.41) is 8.57. The average Bonchev–Trinajstić information content (AvgIpc) is 3.23. The predicted molar refractivity (Wildman–Crippen MR) is 130 cm³/mol. The molecule has 3 N–H and O–H groups in total. The van der Waals surface area contributed by atoms with E-state index in [9.17, 15) is 14.4 Å². The van der Waals surface area contributed by atoms with Crippen molar-refractivity contribution in [2.75, 3.05) is 22.1 Å². The van der Waals surface area contributed by atoms with Crippen LogP contribution in [0.1, 0.15) is 41.4 Å². The second kappa shape index (κ2) is 9.56. The number of urea groups is 1. The highest BCUT2D eigenvalue weighted by Gasteiger charge is 2.23. The molecular weight excluding hydrogens is 416 g/mol. The molecule has 4 amide bonds. The van der Waals surface area contributed by atoms with Gasteiger partial charge in [0.05, 0.1) is 6.04 Å². The number of carbonyl (C=O) groups is 3. The van der Waals surface area contributed by atoms with Gasteiger partial charge in [0.2, 0.25) is 5.91 Å². The van der Waals surface area contributed by atoms with Gasteiger partial charge in [-0.05, 0) is 66.9 Å². The molecule has 0 saturated heterocycles. The molecule has 1 aliphatic rings. The van der Waals surface area contributed by atoms with Crippen molar-refractivity contribution in [2.24, 2.45) is 0 Å². The first-order chi connectivity index (χ1) is 15.9. The molecule has 0 aromatic heterocycles. The summed E-state index contributed by atoms with van der Waals surface area (Å²) >= 11 is 0. The molecule has 3 aromatic carbocycles. The fourth-order valence-electron chi connectivity index (χ4n) is 3.90. The van der Waals surface area contributed by atoms with Crippen LogP contribution < -0.4 is 20.9 Å². The molecule has 0 radical (unpaired) electrons. The van der Waals surface area contributed by atoms with Gasteiger partial charge in [-0.3, -0.25) is 9.59 Å². The van der Waals surface area contributed by atoms with E-state index in [2.05, 4.69) is 16.0 Å². The summed E-state index contributed by atoms with van der Waals surface area (Å²) in [5.74, 6) is -0.161. The molecule has 3 aromatic rings. The number of fused-ring (bicyclic) bond motifs is 1. The molecule has 7 heteroatoms. The number of rotatable bonds is 5. The van der Waals surface area contributed by atoms with E-state index in [1.54, 1.807) is 30.0 Å². The third kappa shape index (κ3) is 5.20. The zero-order valence-corrected chi connectivity index (χ0v) is 18.6. The Hall–Kier alpha value is -4.13. The van der Waals surface area contributed by atoms with Crippen LogP contribution in [0, 0.1) is 0 Å². The van der Waals surface area contributed by atoms with Crippen LogP contribution in [0.4, 0.5) is 21.9 Å². The summed E-state index contributed by atoms with van der Waals surface area (Å²) in [6.45, 7) is 4.11. The van der Waals surface area contributed by atoms with Gasteiger partial charge in [-0.25, -0.2) is 4.79 Å². The van der Waals surface area contributed by atoms with Crippen molar-refractivity contribution in [3.8, 4) is 0 Å². The third-order valence-electron chi connectivity index (χ3n) is 5.67. The lowest BCUT2D eigenvalue weighted by Crippen LogP contribution is -2.27. The zero-order valence-electron chi connectivity index (χ0n) is 18.6. The molecule has 33 heavy (non-hydrogen) atoms. The van der Waals surface area contributed by atoms with Crippen LogP contribution in [0.15, 0.2) is 72.8 Å². The van der Waals surface area contributed by atoms with Crippen molar-refractivity contribution in [3.63, 3.8) is 0 Å².